The molecular weight excluding hydrogens is 510 g/mol. The lowest BCUT2D eigenvalue weighted by atomic mass is 10.1. The van der Waals surface area contributed by atoms with Crippen LogP contribution in [-0.4, -0.2) is 110 Å². The quantitative estimate of drug-likeness (QED) is 0.136. The molecule has 0 aliphatic carbocycles. The van der Waals surface area contributed by atoms with Gasteiger partial charge in [-0.25, -0.2) is 9.36 Å². The van der Waals surface area contributed by atoms with Gasteiger partial charge in [-0.1, -0.05) is 27.2 Å². The molecule has 0 amide bonds. The molecule has 0 bridgehead atoms. The first kappa shape index (κ1) is 30.8. The van der Waals surface area contributed by atoms with Gasteiger partial charge in [-0.2, -0.15) is 4.98 Å². The van der Waals surface area contributed by atoms with Gasteiger partial charge in [0.2, 0.25) is 5.95 Å². The number of nitrogens with two attached hydrogens (primary N) is 1. The Kier molecular flexibility index (Phi) is 11.5. The molecule has 1 aliphatic rings. The van der Waals surface area contributed by atoms with Crippen LogP contribution < -0.4 is 17.0 Å². The predicted molar refractivity (Wildman–Crippen MR) is 145 cm³/mol. The molecule has 4 atom stereocenters. The summed E-state index contributed by atoms with van der Waals surface area (Å²) in [6, 6.07) is 0. The first-order valence-electron chi connectivity index (χ1n) is 13.8. The first-order valence-corrected chi connectivity index (χ1v) is 13.8. The Labute approximate surface area is 227 Å². The lowest BCUT2D eigenvalue weighted by molar-refractivity contribution is -0.150. The number of aromatic nitrogens is 4. The number of rotatable bonds is 16. The number of anilines is 1. The smallest absolute Gasteiger partial charge is 0.330 e. The number of esters is 1. The summed E-state index contributed by atoms with van der Waals surface area (Å²) in [6.07, 6.45) is -1.44. The number of carbonyl (C=O) groups is 1. The molecule has 14 nitrogen and oxygen atoms in total. The highest BCUT2D eigenvalue weighted by Crippen LogP contribution is 2.30. The second-order valence-electron chi connectivity index (χ2n) is 9.80. The molecule has 2 aromatic rings. The van der Waals surface area contributed by atoms with Gasteiger partial charge in [0.25, 0.3) is 5.56 Å². The Morgan fingerprint density at radius 3 is 2.36 bits per heavy atom. The second kappa shape index (κ2) is 14.6. The third kappa shape index (κ3) is 7.88. The summed E-state index contributed by atoms with van der Waals surface area (Å²) < 4.78 is 11.8. The number of carbonyl (C=O) groups excluding carboxylic acids is 1. The summed E-state index contributed by atoms with van der Waals surface area (Å²) in [6.45, 7) is 12.5. The molecule has 14 heteroatoms. The number of nitrogens with one attached hydrogen (secondary N) is 2. The van der Waals surface area contributed by atoms with Crippen LogP contribution in [0, 0.1) is 0 Å². The number of fused-ring (bicyclic) bond motifs is 1. The van der Waals surface area contributed by atoms with Crippen molar-refractivity contribution in [1.29, 1.82) is 0 Å². The maximum atomic E-state index is 12.5. The standard InChI is InChI=1S/C25H43N7O7/c1-4-30(5-2)13-10-14-31(6-3)12-9-7-8-11-17(33)38-15-16-19(34)20(35)23(39-16)32-21-18(27-25(32)37)22(36)29-24(26)28-21/h16,19-20,23,34-35H,4-15H2,1-3H3,(H,27,37)(H3,26,28,29,36)/t16-,19?,20?,23-/m0/s1. The molecule has 3 heterocycles. The molecule has 6 N–H and O–H groups in total. The summed E-state index contributed by atoms with van der Waals surface area (Å²) >= 11 is 0. The van der Waals surface area contributed by atoms with Crippen molar-refractivity contribution in [2.45, 2.75) is 77.4 Å². The zero-order chi connectivity index (χ0) is 28.5. The zero-order valence-electron chi connectivity index (χ0n) is 23.1. The van der Waals surface area contributed by atoms with Crippen molar-refractivity contribution in [3.63, 3.8) is 0 Å². The molecule has 220 valence electrons. The summed E-state index contributed by atoms with van der Waals surface area (Å²) in [5, 5.41) is 21.0. The minimum Gasteiger partial charge on any atom is -0.463 e. The molecule has 1 fully saturated rings. The molecule has 1 aliphatic heterocycles. The summed E-state index contributed by atoms with van der Waals surface area (Å²) in [5.41, 5.74) is 3.88. The monoisotopic (exact) mass is 553 g/mol. The van der Waals surface area contributed by atoms with Gasteiger partial charge in [0.15, 0.2) is 17.4 Å². The molecule has 39 heavy (non-hydrogen) atoms. The number of hydrogen-bond acceptors (Lipinski definition) is 11. The fraction of sp³-hybridized carbons (Fsp3) is 0.760. The number of imidazole rings is 1. The summed E-state index contributed by atoms with van der Waals surface area (Å²) in [7, 11) is 0. The van der Waals surface area contributed by atoms with Crippen LogP contribution in [0.5, 0.6) is 0 Å². The maximum Gasteiger partial charge on any atom is 0.330 e. The van der Waals surface area contributed by atoms with Crippen LogP contribution >= 0.6 is 0 Å². The van der Waals surface area contributed by atoms with Crippen LogP contribution in [0.15, 0.2) is 9.59 Å². The van der Waals surface area contributed by atoms with Crippen LogP contribution in [0.1, 0.15) is 59.1 Å². The van der Waals surface area contributed by atoms with E-state index >= 15 is 0 Å². The summed E-state index contributed by atoms with van der Waals surface area (Å²) in [5.74, 6) is -0.656. The van der Waals surface area contributed by atoms with Crippen molar-refractivity contribution in [2.24, 2.45) is 0 Å². The second-order valence-corrected chi connectivity index (χ2v) is 9.80. The van der Waals surface area contributed by atoms with Gasteiger partial charge < -0.3 is 35.2 Å². The molecular formula is C25H43N7O7. The number of H-pyrrole nitrogens is 2. The number of ether oxygens (including phenoxy) is 2. The van der Waals surface area contributed by atoms with E-state index in [1.54, 1.807) is 0 Å². The van der Waals surface area contributed by atoms with E-state index in [0.29, 0.717) is 6.42 Å². The fourth-order valence-electron chi connectivity index (χ4n) is 4.86. The average Bonchev–Trinajstić information content (AvgIpc) is 3.38. The predicted octanol–water partition coefficient (Wildman–Crippen LogP) is -0.228. The van der Waals surface area contributed by atoms with Crippen LogP contribution in [0.3, 0.4) is 0 Å². The minimum absolute atomic E-state index is 0.124. The number of aromatic amines is 2. The number of hydrogen-bond donors (Lipinski definition) is 5. The third-order valence-corrected chi connectivity index (χ3v) is 7.24. The Bertz CT molecular complexity index is 1180. The highest BCUT2D eigenvalue weighted by Gasteiger charge is 2.45. The highest BCUT2D eigenvalue weighted by atomic mass is 16.6. The molecule has 2 unspecified atom stereocenters. The third-order valence-electron chi connectivity index (χ3n) is 7.24. The molecule has 0 saturated carbocycles. The van der Waals surface area contributed by atoms with E-state index in [-0.39, 0.29) is 30.1 Å². The van der Waals surface area contributed by atoms with Gasteiger partial charge in [-0.3, -0.25) is 19.6 Å². The van der Waals surface area contributed by atoms with Gasteiger partial charge in [0, 0.05) is 6.42 Å². The van der Waals surface area contributed by atoms with Crippen molar-refractivity contribution in [1.82, 2.24) is 29.3 Å². The topological polar surface area (TPSA) is 192 Å². The van der Waals surface area contributed by atoms with Crippen LogP contribution in [0.25, 0.3) is 11.2 Å². The number of aliphatic hydroxyl groups is 2. The van der Waals surface area contributed by atoms with Crippen molar-refractivity contribution < 1.29 is 24.5 Å². The Morgan fingerprint density at radius 1 is 1.00 bits per heavy atom. The van der Waals surface area contributed by atoms with Crippen molar-refractivity contribution in [3.05, 3.63) is 20.8 Å². The highest BCUT2D eigenvalue weighted by molar-refractivity contribution is 5.70. The van der Waals surface area contributed by atoms with E-state index in [2.05, 4.69) is 45.5 Å². The van der Waals surface area contributed by atoms with E-state index in [1.807, 2.05) is 0 Å². The Hall–Kier alpha value is -2.78. The maximum absolute atomic E-state index is 12.5. The SMILES string of the molecule is CCN(CC)CCCN(CC)CCCCCC(=O)OC[C@@H]1O[C@H](n2c(=O)[nH]c3c(=O)[nH]c(N)nc32)C(O)C1O. The Balaban J connectivity index is 1.41. The first-order chi connectivity index (χ1) is 18.7. The Morgan fingerprint density at radius 2 is 1.67 bits per heavy atom. The van der Waals surface area contributed by atoms with E-state index in [0.717, 1.165) is 63.1 Å². The lowest BCUT2D eigenvalue weighted by Crippen LogP contribution is -2.35. The van der Waals surface area contributed by atoms with E-state index in [1.165, 1.54) is 0 Å². The van der Waals surface area contributed by atoms with Crippen molar-refractivity contribution in [3.8, 4) is 0 Å². The van der Waals surface area contributed by atoms with Gasteiger partial charge in [-0.15, -0.1) is 0 Å². The van der Waals surface area contributed by atoms with E-state index < -0.39 is 41.8 Å². The average molecular weight is 554 g/mol. The molecule has 3 rings (SSSR count). The molecule has 0 aromatic carbocycles. The molecule has 0 spiro atoms. The largest absolute Gasteiger partial charge is 0.463 e. The normalized spacial score (nSPS) is 21.4. The number of unbranched alkanes of at least 4 members (excludes halogenated alkanes) is 2. The van der Waals surface area contributed by atoms with Crippen LogP contribution in [-0.2, 0) is 14.3 Å². The number of nitrogens with zero attached hydrogens (tertiary/aromatic N) is 4. The van der Waals surface area contributed by atoms with Crippen molar-refractivity contribution >= 4 is 23.1 Å². The van der Waals surface area contributed by atoms with E-state index in [9.17, 15) is 24.6 Å². The lowest BCUT2D eigenvalue weighted by Gasteiger charge is -2.23. The van der Waals surface area contributed by atoms with Gasteiger partial charge in [0.1, 0.15) is 24.9 Å². The van der Waals surface area contributed by atoms with Crippen LogP contribution in [0.2, 0.25) is 0 Å². The van der Waals surface area contributed by atoms with E-state index in [4.69, 9.17) is 15.2 Å². The van der Waals surface area contributed by atoms with Gasteiger partial charge in [0.05, 0.1) is 0 Å². The minimum atomic E-state index is -1.53. The number of aliphatic hydroxyl groups excluding tert-OH is 2. The molecule has 0 radical (unpaired) electrons. The fourth-order valence-corrected chi connectivity index (χ4v) is 4.86. The zero-order valence-corrected chi connectivity index (χ0v) is 23.1. The molecule has 1 saturated heterocycles. The van der Waals surface area contributed by atoms with Crippen LogP contribution in [0.4, 0.5) is 5.95 Å². The molecule has 2 aromatic heterocycles. The number of nitrogen functional groups attached to an aromatic ring is 1. The van der Waals surface area contributed by atoms with Crippen molar-refractivity contribution in [2.75, 3.05) is 51.6 Å². The van der Waals surface area contributed by atoms with Gasteiger partial charge >= 0.3 is 11.7 Å². The summed E-state index contributed by atoms with van der Waals surface area (Å²) in [4.78, 5) is 50.2. The van der Waals surface area contributed by atoms with Gasteiger partial charge in [-0.05, 0) is 58.5 Å².